The lowest BCUT2D eigenvalue weighted by Crippen LogP contribution is -3.10. The fraction of sp³-hybridized carbons (Fsp3) is 0.263. The molecule has 0 bridgehead atoms. The molecule has 5 nitrogen and oxygen atoms in total. The molecule has 122 valence electrons. The summed E-state index contributed by atoms with van der Waals surface area (Å²) in [5.74, 6) is 0.809. The number of nitrogens with zero attached hydrogens (tertiary/aromatic N) is 1. The molecule has 1 atom stereocenters. The van der Waals surface area contributed by atoms with Gasteiger partial charge in [0, 0.05) is 28.9 Å². The van der Waals surface area contributed by atoms with Crippen LogP contribution in [0.4, 0.5) is 0 Å². The predicted molar refractivity (Wildman–Crippen MR) is 90.1 cm³/mol. The molecule has 3 heterocycles. The van der Waals surface area contributed by atoms with E-state index in [0.717, 1.165) is 40.9 Å². The summed E-state index contributed by atoms with van der Waals surface area (Å²) in [5.41, 5.74) is 4.16. The molecular weight excluding hydrogens is 304 g/mol. The molecule has 0 saturated carbocycles. The number of fused-ring (bicyclic) bond motifs is 3. The molecule has 1 aromatic carbocycles. The number of hydrogen-bond acceptors (Lipinski definition) is 4. The fourth-order valence-corrected chi connectivity index (χ4v) is 3.23. The molecule has 0 spiro atoms. The van der Waals surface area contributed by atoms with Crippen molar-refractivity contribution in [2.24, 2.45) is 0 Å². The quantitative estimate of drug-likeness (QED) is 0.730. The van der Waals surface area contributed by atoms with E-state index in [1.807, 2.05) is 31.3 Å². The van der Waals surface area contributed by atoms with Gasteiger partial charge in [0.15, 0.2) is 5.58 Å². The van der Waals surface area contributed by atoms with E-state index in [-0.39, 0.29) is 5.63 Å². The second-order valence-corrected chi connectivity index (χ2v) is 6.31. The number of hydrogen-bond donors (Lipinski definition) is 1. The number of aryl methyl sites for hydroxylation is 1. The Labute approximate surface area is 139 Å². The largest absolute Gasteiger partial charge is 0.445 e. The van der Waals surface area contributed by atoms with Gasteiger partial charge in [-0.25, -0.2) is 4.79 Å². The Balaban J connectivity index is 1.75. The van der Waals surface area contributed by atoms with Gasteiger partial charge < -0.3 is 9.15 Å². The normalized spacial score (nSPS) is 16.7. The maximum atomic E-state index is 12.1. The SMILES string of the molecule is Cc1c(C)c2ccc3c(c2oc1=O)C[NH+](Cc1cccnc1)CO3. The maximum Gasteiger partial charge on any atom is 0.339 e. The monoisotopic (exact) mass is 323 g/mol. The summed E-state index contributed by atoms with van der Waals surface area (Å²) >= 11 is 0. The Kier molecular flexibility index (Phi) is 3.58. The highest BCUT2D eigenvalue weighted by atomic mass is 16.5. The van der Waals surface area contributed by atoms with E-state index in [2.05, 4.69) is 11.1 Å². The summed E-state index contributed by atoms with van der Waals surface area (Å²) in [7, 11) is 0. The van der Waals surface area contributed by atoms with Gasteiger partial charge in [-0.15, -0.1) is 0 Å². The van der Waals surface area contributed by atoms with Crippen molar-refractivity contribution in [1.82, 2.24) is 4.98 Å². The predicted octanol–water partition coefficient (Wildman–Crippen LogP) is 1.74. The smallest absolute Gasteiger partial charge is 0.339 e. The number of ether oxygens (including phenoxy) is 1. The Morgan fingerprint density at radius 3 is 2.88 bits per heavy atom. The van der Waals surface area contributed by atoms with Gasteiger partial charge in [0.25, 0.3) is 0 Å². The zero-order valence-electron chi connectivity index (χ0n) is 13.8. The molecule has 24 heavy (non-hydrogen) atoms. The van der Waals surface area contributed by atoms with Crippen molar-refractivity contribution in [1.29, 1.82) is 0 Å². The summed E-state index contributed by atoms with van der Waals surface area (Å²) in [6.45, 7) is 5.93. The molecule has 2 aromatic heterocycles. The molecule has 5 heteroatoms. The van der Waals surface area contributed by atoms with Gasteiger partial charge in [0.05, 0.1) is 5.56 Å². The van der Waals surface area contributed by atoms with Gasteiger partial charge >= 0.3 is 5.63 Å². The van der Waals surface area contributed by atoms with Gasteiger partial charge in [-0.05, 0) is 37.6 Å². The minimum atomic E-state index is -0.271. The minimum absolute atomic E-state index is 0.271. The molecule has 0 radical (unpaired) electrons. The Bertz CT molecular complexity index is 964. The molecule has 0 fully saturated rings. The van der Waals surface area contributed by atoms with E-state index in [0.29, 0.717) is 17.9 Å². The van der Waals surface area contributed by atoms with Crippen molar-refractivity contribution in [2.45, 2.75) is 26.9 Å². The Morgan fingerprint density at radius 2 is 2.08 bits per heavy atom. The molecular formula is C19H19N2O3+. The first-order valence-electron chi connectivity index (χ1n) is 8.04. The van der Waals surface area contributed by atoms with Crippen LogP contribution < -0.4 is 15.3 Å². The van der Waals surface area contributed by atoms with Crippen LogP contribution >= 0.6 is 0 Å². The molecule has 1 unspecified atom stereocenters. The lowest BCUT2D eigenvalue weighted by molar-refractivity contribution is -0.945. The summed E-state index contributed by atoms with van der Waals surface area (Å²) in [5, 5.41) is 0.983. The minimum Gasteiger partial charge on any atom is -0.445 e. The first-order chi connectivity index (χ1) is 11.6. The average Bonchev–Trinajstić information content (AvgIpc) is 2.60. The zero-order valence-corrected chi connectivity index (χ0v) is 13.8. The van der Waals surface area contributed by atoms with Gasteiger partial charge in [0.1, 0.15) is 18.8 Å². The molecule has 1 aliphatic heterocycles. The summed E-state index contributed by atoms with van der Waals surface area (Å²) in [4.78, 5) is 17.5. The molecule has 1 N–H and O–H groups in total. The molecule has 3 aromatic rings. The first kappa shape index (κ1) is 14.9. The van der Waals surface area contributed by atoms with E-state index >= 15 is 0 Å². The highest BCUT2D eigenvalue weighted by Gasteiger charge is 2.25. The number of aromatic nitrogens is 1. The summed E-state index contributed by atoms with van der Waals surface area (Å²) in [6, 6.07) is 7.96. The molecule has 0 amide bonds. The van der Waals surface area contributed by atoms with Crippen LogP contribution in [0.25, 0.3) is 11.0 Å². The number of rotatable bonds is 2. The van der Waals surface area contributed by atoms with E-state index in [1.165, 1.54) is 4.90 Å². The number of pyridine rings is 1. The second kappa shape index (κ2) is 5.76. The van der Waals surface area contributed by atoms with Crippen molar-refractivity contribution < 1.29 is 14.1 Å². The molecule has 0 aliphatic carbocycles. The van der Waals surface area contributed by atoms with Gasteiger partial charge in [-0.1, -0.05) is 6.07 Å². The fourth-order valence-electron chi connectivity index (χ4n) is 3.23. The zero-order chi connectivity index (χ0) is 16.7. The third kappa shape index (κ3) is 2.47. The van der Waals surface area contributed by atoms with Crippen LogP contribution in [-0.4, -0.2) is 11.7 Å². The highest BCUT2D eigenvalue weighted by Crippen LogP contribution is 2.30. The van der Waals surface area contributed by atoms with Crippen molar-refractivity contribution >= 4 is 11.0 Å². The Hall–Kier alpha value is -2.66. The molecule has 4 rings (SSSR count). The van der Waals surface area contributed by atoms with Gasteiger partial charge in [-0.3, -0.25) is 9.88 Å². The van der Waals surface area contributed by atoms with Crippen LogP contribution in [0.15, 0.2) is 45.9 Å². The molecule has 0 saturated heterocycles. The Morgan fingerprint density at radius 1 is 1.21 bits per heavy atom. The van der Waals surface area contributed by atoms with Crippen LogP contribution in [0.3, 0.4) is 0 Å². The maximum absolute atomic E-state index is 12.1. The van der Waals surface area contributed by atoms with Crippen LogP contribution in [0.2, 0.25) is 0 Å². The van der Waals surface area contributed by atoms with E-state index in [9.17, 15) is 4.79 Å². The number of benzene rings is 1. The number of nitrogens with one attached hydrogen (secondary N) is 1. The molecule has 1 aliphatic rings. The van der Waals surface area contributed by atoms with Crippen molar-refractivity contribution in [3.63, 3.8) is 0 Å². The second-order valence-electron chi connectivity index (χ2n) is 6.31. The number of quaternary nitrogens is 1. The highest BCUT2D eigenvalue weighted by molar-refractivity contribution is 5.85. The lowest BCUT2D eigenvalue weighted by Gasteiger charge is -2.26. The summed E-state index contributed by atoms with van der Waals surface area (Å²) < 4.78 is 11.5. The topological polar surface area (TPSA) is 56.8 Å². The van der Waals surface area contributed by atoms with Crippen molar-refractivity contribution in [3.8, 4) is 5.75 Å². The standard InChI is InChI=1S/C19H18N2O3/c1-12-13(2)19(22)24-18-15(12)5-6-17-16(18)10-21(11-23-17)9-14-4-3-7-20-8-14/h3-8H,9-11H2,1-2H3/p+1. The van der Waals surface area contributed by atoms with Crippen molar-refractivity contribution in [3.05, 3.63) is 69.3 Å². The summed E-state index contributed by atoms with van der Waals surface area (Å²) in [6.07, 6.45) is 3.65. The van der Waals surface area contributed by atoms with Crippen LogP contribution in [0, 0.1) is 13.8 Å². The third-order valence-corrected chi connectivity index (χ3v) is 4.72. The van der Waals surface area contributed by atoms with Crippen LogP contribution in [0.5, 0.6) is 5.75 Å². The van der Waals surface area contributed by atoms with Gasteiger partial charge in [-0.2, -0.15) is 0 Å². The van der Waals surface area contributed by atoms with E-state index in [4.69, 9.17) is 9.15 Å². The van der Waals surface area contributed by atoms with E-state index < -0.39 is 0 Å². The van der Waals surface area contributed by atoms with Crippen LogP contribution in [0.1, 0.15) is 22.3 Å². The third-order valence-electron chi connectivity index (χ3n) is 4.72. The average molecular weight is 323 g/mol. The lowest BCUT2D eigenvalue weighted by atomic mass is 10.0. The van der Waals surface area contributed by atoms with Crippen LogP contribution in [-0.2, 0) is 13.1 Å². The first-order valence-corrected chi connectivity index (χ1v) is 8.04. The van der Waals surface area contributed by atoms with Crippen molar-refractivity contribution in [2.75, 3.05) is 6.73 Å². The van der Waals surface area contributed by atoms with E-state index in [1.54, 1.807) is 13.1 Å². The van der Waals surface area contributed by atoms with Gasteiger partial charge in [0.2, 0.25) is 6.73 Å².